The van der Waals surface area contributed by atoms with Crippen molar-refractivity contribution >= 4 is 15.7 Å². The highest BCUT2D eigenvalue weighted by Gasteiger charge is 2.17. The summed E-state index contributed by atoms with van der Waals surface area (Å²) in [6, 6.07) is 4.91. The number of ether oxygens (including phenoxy) is 1. The molecule has 0 unspecified atom stereocenters. The summed E-state index contributed by atoms with van der Waals surface area (Å²) in [5, 5.41) is 3.15. The molecule has 0 saturated heterocycles. The van der Waals surface area contributed by atoms with E-state index >= 15 is 0 Å². The molecule has 1 aliphatic heterocycles. The lowest BCUT2D eigenvalue weighted by Gasteiger charge is -2.20. The van der Waals surface area contributed by atoms with Gasteiger partial charge in [-0.2, -0.15) is 0 Å². The van der Waals surface area contributed by atoms with E-state index in [1.54, 1.807) is 18.2 Å². The first-order chi connectivity index (χ1) is 10.6. The summed E-state index contributed by atoms with van der Waals surface area (Å²) in [5.41, 5.74) is 0.734. The van der Waals surface area contributed by atoms with Gasteiger partial charge in [0.25, 0.3) is 0 Å². The third-order valence-electron chi connectivity index (χ3n) is 3.77. The Morgan fingerprint density at radius 3 is 2.82 bits per heavy atom. The molecule has 124 valence electrons. The highest BCUT2D eigenvalue weighted by molar-refractivity contribution is 7.89. The van der Waals surface area contributed by atoms with Crippen molar-refractivity contribution in [3.05, 3.63) is 18.2 Å². The standard InChI is InChI=1S/C15H25N3O3S/c1-3-18(4-2)10-5-8-17-22(19,20)13-6-7-15-14(12-13)16-9-11-21-15/h6-7,12,16-17H,3-5,8-11H2,1-2H3. The monoisotopic (exact) mass is 327 g/mol. The molecule has 0 aliphatic carbocycles. The van der Waals surface area contributed by atoms with Gasteiger partial charge in [-0.1, -0.05) is 13.8 Å². The summed E-state index contributed by atoms with van der Waals surface area (Å²) in [6.45, 7) is 8.82. The number of fused-ring (bicyclic) bond motifs is 1. The summed E-state index contributed by atoms with van der Waals surface area (Å²) in [7, 11) is -3.47. The minimum Gasteiger partial charge on any atom is -0.490 e. The molecule has 0 saturated carbocycles. The van der Waals surface area contributed by atoms with Crippen LogP contribution in [-0.4, -0.2) is 52.6 Å². The van der Waals surface area contributed by atoms with Gasteiger partial charge in [-0.3, -0.25) is 0 Å². The summed E-state index contributed by atoms with van der Waals surface area (Å²) >= 11 is 0. The second-order valence-electron chi connectivity index (χ2n) is 5.21. The molecule has 0 radical (unpaired) electrons. The molecular formula is C15H25N3O3S. The zero-order valence-corrected chi connectivity index (χ0v) is 14.1. The highest BCUT2D eigenvalue weighted by Crippen LogP contribution is 2.29. The van der Waals surface area contributed by atoms with Crippen LogP contribution in [0.2, 0.25) is 0 Å². The average molecular weight is 327 g/mol. The zero-order valence-electron chi connectivity index (χ0n) is 13.3. The molecule has 22 heavy (non-hydrogen) atoms. The second-order valence-corrected chi connectivity index (χ2v) is 6.98. The van der Waals surface area contributed by atoms with Crippen molar-refractivity contribution in [2.24, 2.45) is 0 Å². The van der Waals surface area contributed by atoms with Crippen LogP contribution in [0.5, 0.6) is 5.75 Å². The summed E-state index contributed by atoms with van der Waals surface area (Å²) in [6.07, 6.45) is 0.799. The number of nitrogens with zero attached hydrogens (tertiary/aromatic N) is 1. The highest BCUT2D eigenvalue weighted by atomic mass is 32.2. The molecule has 2 rings (SSSR count). The van der Waals surface area contributed by atoms with Gasteiger partial charge >= 0.3 is 0 Å². The van der Waals surface area contributed by atoms with Crippen LogP contribution in [0.4, 0.5) is 5.69 Å². The van der Waals surface area contributed by atoms with Crippen LogP contribution < -0.4 is 14.8 Å². The third kappa shape index (κ3) is 4.34. The van der Waals surface area contributed by atoms with E-state index in [2.05, 4.69) is 28.8 Å². The number of benzene rings is 1. The van der Waals surface area contributed by atoms with Crippen LogP contribution in [0.15, 0.2) is 23.1 Å². The van der Waals surface area contributed by atoms with Crippen LogP contribution in [-0.2, 0) is 10.0 Å². The lowest BCUT2D eigenvalue weighted by molar-refractivity contribution is 0.300. The number of sulfonamides is 1. The first-order valence-corrected chi connectivity index (χ1v) is 9.28. The smallest absolute Gasteiger partial charge is 0.240 e. The molecule has 7 heteroatoms. The fourth-order valence-corrected chi connectivity index (χ4v) is 3.52. The predicted octanol–water partition coefficient (Wildman–Crippen LogP) is 1.50. The summed E-state index contributed by atoms with van der Waals surface area (Å²) < 4.78 is 32.7. The van der Waals surface area contributed by atoms with Gasteiger partial charge in [-0.15, -0.1) is 0 Å². The van der Waals surface area contributed by atoms with Gasteiger partial charge in [0, 0.05) is 13.1 Å². The third-order valence-corrected chi connectivity index (χ3v) is 5.23. The van der Waals surface area contributed by atoms with Crippen LogP contribution in [0, 0.1) is 0 Å². The van der Waals surface area contributed by atoms with Gasteiger partial charge in [0.15, 0.2) is 0 Å². The van der Waals surface area contributed by atoms with E-state index in [-0.39, 0.29) is 4.90 Å². The first-order valence-electron chi connectivity index (χ1n) is 7.79. The Balaban J connectivity index is 1.93. The largest absolute Gasteiger partial charge is 0.490 e. The first kappa shape index (κ1) is 17.1. The summed E-state index contributed by atoms with van der Waals surface area (Å²) in [4.78, 5) is 2.54. The molecule has 0 amide bonds. The number of hydrogen-bond donors (Lipinski definition) is 2. The number of anilines is 1. The molecule has 0 bridgehead atoms. The molecule has 0 spiro atoms. The number of hydrogen-bond acceptors (Lipinski definition) is 5. The number of nitrogens with one attached hydrogen (secondary N) is 2. The fourth-order valence-electron chi connectivity index (χ4n) is 2.42. The van der Waals surface area contributed by atoms with Gasteiger partial charge in [0.1, 0.15) is 12.4 Å². The van der Waals surface area contributed by atoms with E-state index in [1.807, 2.05) is 0 Å². The maximum atomic E-state index is 12.3. The van der Waals surface area contributed by atoms with Crippen molar-refractivity contribution < 1.29 is 13.2 Å². The Hall–Kier alpha value is -1.31. The Labute approximate surface area is 132 Å². The molecule has 0 fully saturated rings. The molecule has 0 atom stereocenters. The zero-order chi connectivity index (χ0) is 16.0. The minimum absolute atomic E-state index is 0.270. The van der Waals surface area contributed by atoms with Crippen LogP contribution >= 0.6 is 0 Å². The van der Waals surface area contributed by atoms with Crippen LogP contribution in [0.3, 0.4) is 0 Å². The van der Waals surface area contributed by atoms with E-state index in [9.17, 15) is 8.42 Å². The van der Waals surface area contributed by atoms with Crippen LogP contribution in [0.25, 0.3) is 0 Å². The molecule has 1 aromatic carbocycles. The van der Waals surface area contributed by atoms with Crippen molar-refractivity contribution in [2.45, 2.75) is 25.2 Å². The maximum absolute atomic E-state index is 12.3. The van der Waals surface area contributed by atoms with Crippen molar-refractivity contribution in [3.63, 3.8) is 0 Å². The van der Waals surface area contributed by atoms with Crippen LogP contribution in [0.1, 0.15) is 20.3 Å². The quantitative estimate of drug-likeness (QED) is 0.708. The van der Waals surface area contributed by atoms with E-state index in [4.69, 9.17) is 4.74 Å². The Morgan fingerprint density at radius 1 is 1.32 bits per heavy atom. The molecule has 2 N–H and O–H groups in total. The topological polar surface area (TPSA) is 70.7 Å². The maximum Gasteiger partial charge on any atom is 0.240 e. The van der Waals surface area contributed by atoms with E-state index in [0.717, 1.165) is 31.7 Å². The lowest BCUT2D eigenvalue weighted by Crippen LogP contribution is -2.30. The van der Waals surface area contributed by atoms with Gasteiger partial charge in [0.05, 0.1) is 10.6 Å². The van der Waals surface area contributed by atoms with Crippen molar-refractivity contribution in [3.8, 4) is 5.75 Å². The van der Waals surface area contributed by atoms with E-state index < -0.39 is 10.0 Å². The fraction of sp³-hybridized carbons (Fsp3) is 0.600. The van der Waals surface area contributed by atoms with Gasteiger partial charge in [0.2, 0.25) is 10.0 Å². The van der Waals surface area contributed by atoms with Gasteiger partial charge < -0.3 is 15.0 Å². The number of rotatable bonds is 8. The average Bonchev–Trinajstić information content (AvgIpc) is 2.54. The van der Waals surface area contributed by atoms with E-state index in [0.29, 0.717) is 25.4 Å². The molecule has 0 aromatic heterocycles. The Kier molecular flexibility index (Phi) is 6.05. The predicted molar refractivity (Wildman–Crippen MR) is 88.0 cm³/mol. The molecule has 1 aromatic rings. The molecule has 6 nitrogen and oxygen atoms in total. The van der Waals surface area contributed by atoms with Crippen molar-refractivity contribution in [2.75, 3.05) is 44.6 Å². The van der Waals surface area contributed by atoms with Crippen molar-refractivity contribution in [1.82, 2.24) is 9.62 Å². The molecule has 1 aliphatic rings. The molecule has 1 heterocycles. The second kappa shape index (κ2) is 7.80. The van der Waals surface area contributed by atoms with E-state index in [1.165, 1.54) is 0 Å². The Bertz CT molecular complexity index is 586. The van der Waals surface area contributed by atoms with Gasteiger partial charge in [-0.25, -0.2) is 13.1 Å². The molecular weight excluding hydrogens is 302 g/mol. The minimum atomic E-state index is -3.47. The van der Waals surface area contributed by atoms with Crippen molar-refractivity contribution in [1.29, 1.82) is 0 Å². The van der Waals surface area contributed by atoms with Gasteiger partial charge in [-0.05, 0) is 44.3 Å². The summed E-state index contributed by atoms with van der Waals surface area (Å²) in [5.74, 6) is 0.701. The lowest BCUT2D eigenvalue weighted by atomic mass is 10.2. The Morgan fingerprint density at radius 2 is 2.09 bits per heavy atom. The SMILES string of the molecule is CCN(CC)CCCNS(=O)(=O)c1ccc2c(c1)NCCO2. The normalized spacial score (nSPS) is 14.3.